The molecule has 0 aliphatic rings. The van der Waals surface area contributed by atoms with Gasteiger partial charge in [-0.1, -0.05) is 12.8 Å². The number of hydrogen-bond donors (Lipinski definition) is 1. The molecule has 0 spiro atoms. The molecule has 0 saturated carbocycles. The molecule has 0 saturated heterocycles. The summed E-state index contributed by atoms with van der Waals surface area (Å²) in [4.78, 5) is 8.82. The molecule has 0 heterocycles. The molecule has 0 atom stereocenters. The molecule has 0 fully saturated rings. The fourth-order valence-corrected chi connectivity index (χ4v) is 0.784. The number of rotatable bonds is 4. The Kier molecular flexibility index (Phi) is 22.2. The van der Waals surface area contributed by atoms with Crippen LogP contribution in [0.3, 0.4) is 0 Å². The zero-order valence-corrected chi connectivity index (χ0v) is 10.1. The number of alkyl halides is 2. The second-order valence-electron chi connectivity index (χ2n) is 2.26. The smallest absolute Gasteiger partial charge is 0.300 e. The van der Waals surface area contributed by atoms with Crippen LogP contribution in [0.4, 0.5) is 0 Å². The Morgan fingerprint density at radius 2 is 1.85 bits per heavy atom. The Labute approximate surface area is 100 Å². The minimum absolute atomic E-state index is 0. The first kappa shape index (κ1) is 19.2. The maximum absolute atomic E-state index is 9.00. The van der Waals surface area contributed by atoms with E-state index in [1.807, 2.05) is 0 Å². The van der Waals surface area contributed by atoms with Crippen molar-refractivity contribution in [3.8, 4) is 0 Å². The van der Waals surface area contributed by atoms with Crippen molar-refractivity contribution in [3.63, 3.8) is 0 Å². The maximum Gasteiger partial charge on any atom is 0.300 e. The molecule has 0 aromatic carbocycles. The van der Waals surface area contributed by atoms with Crippen molar-refractivity contribution in [2.45, 2.75) is 37.4 Å². The van der Waals surface area contributed by atoms with Gasteiger partial charge in [0.1, 0.15) is 4.84 Å². The summed E-state index contributed by atoms with van der Waals surface area (Å²) < 4.78 is 0. The average Bonchev–Trinajstić information content (AvgIpc) is 1.86. The summed E-state index contributed by atoms with van der Waals surface area (Å²) in [5, 5.41) is 7.42. The van der Waals surface area contributed by atoms with Gasteiger partial charge in [0, 0.05) is 23.7 Å². The maximum atomic E-state index is 9.00. The van der Waals surface area contributed by atoms with Crippen LogP contribution in [0.15, 0.2) is 0 Å². The fourth-order valence-electron chi connectivity index (χ4n) is 0.475. The van der Waals surface area contributed by atoms with Crippen molar-refractivity contribution < 1.29 is 26.7 Å². The van der Waals surface area contributed by atoms with Crippen LogP contribution >= 0.6 is 23.2 Å². The van der Waals surface area contributed by atoms with E-state index in [1.54, 1.807) is 0 Å². The van der Waals surface area contributed by atoms with Gasteiger partial charge >= 0.3 is 0 Å². The predicted octanol–water partition coefficient (Wildman–Crippen LogP) is 3.27. The Balaban J connectivity index is -0.000000173. The van der Waals surface area contributed by atoms with Gasteiger partial charge in [0.05, 0.1) is 0 Å². The summed E-state index contributed by atoms with van der Waals surface area (Å²) >= 11 is 10.9. The van der Waals surface area contributed by atoms with E-state index >= 15 is 0 Å². The van der Waals surface area contributed by atoms with Gasteiger partial charge in [-0.3, -0.25) is 4.79 Å². The van der Waals surface area contributed by atoms with Crippen molar-refractivity contribution in [2.24, 2.45) is 0 Å². The molecule has 0 aromatic rings. The summed E-state index contributed by atoms with van der Waals surface area (Å²) in [6.07, 6.45) is 4.12. The van der Waals surface area contributed by atoms with E-state index in [0.29, 0.717) is 0 Å². The van der Waals surface area contributed by atoms with Crippen LogP contribution in [0.25, 0.3) is 0 Å². The summed E-state index contributed by atoms with van der Waals surface area (Å²) in [6.45, 7) is 4.78. The third-order valence-corrected chi connectivity index (χ3v) is 1.36. The standard InChI is InChI=1S/C6H11Cl2.C2H4O2.Co/c1-2-3-4-5-6(7)8;1-2(3)4;/h6H,1-5H2;1H3,(H,3,4);/q-1;;. The van der Waals surface area contributed by atoms with Crippen molar-refractivity contribution in [2.75, 3.05) is 0 Å². The van der Waals surface area contributed by atoms with Gasteiger partial charge in [0.2, 0.25) is 0 Å². The zero-order valence-electron chi connectivity index (χ0n) is 7.56. The molecule has 0 rings (SSSR count). The Bertz CT molecular complexity index is 106. The summed E-state index contributed by atoms with van der Waals surface area (Å²) in [6, 6.07) is 0. The topological polar surface area (TPSA) is 37.3 Å². The van der Waals surface area contributed by atoms with E-state index < -0.39 is 5.97 Å². The number of carbonyl (C=O) groups is 1. The summed E-state index contributed by atoms with van der Waals surface area (Å²) in [7, 11) is 0. The molecular formula is C8H15Cl2CoO2-. The molecule has 83 valence electrons. The van der Waals surface area contributed by atoms with Gasteiger partial charge < -0.3 is 12.0 Å². The summed E-state index contributed by atoms with van der Waals surface area (Å²) in [5.41, 5.74) is 0. The number of aliphatic carboxylic acids is 1. The van der Waals surface area contributed by atoms with Crippen molar-refractivity contribution in [3.05, 3.63) is 6.92 Å². The first-order valence-electron chi connectivity index (χ1n) is 3.77. The molecule has 2 nitrogen and oxygen atoms in total. The minimum Gasteiger partial charge on any atom is -0.481 e. The van der Waals surface area contributed by atoms with E-state index in [9.17, 15) is 0 Å². The van der Waals surface area contributed by atoms with Gasteiger partial charge in [0.15, 0.2) is 0 Å². The van der Waals surface area contributed by atoms with Gasteiger partial charge in [-0.2, -0.15) is 6.42 Å². The van der Waals surface area contributed by atoms with Crippen LogP contribution in [0.5, 0.6) is 0 Å². The van der Waals surface area contributed by atoms with E-state index in [4.69, 9.17) is 33.1 Å². The third-order valence-electron chi connectivity index (χ3n) is 0.922. The SMILES string of the molecule is CC(=O)O.[CH2-]CCCCC(Cl)Cl.[Co]. The Morgan fingerprint density at radius 3 is 2.08 bits per heavy atom. The van der Waals surface area contributed by atoms with Crippen LogP contribution in [-0.2, 0) is 21.6 Å². The van der Waals surface area contributed by atoms with Gasteiger partial charge in [0.25, 0.3) is 5.97 Å². The monoisotopic (exact) mass is 272 g/mol. The van der Waals surface area contributed by atoms with Gasteiger partial charge in [-0.15, -0.1) is 23.2 Å². The van der Waals surface area contributed by atoms with E-state index in [1.165, 1.54) is 0 Å². The van der Waals surface area contributed by atoms with Crippen LogP contribution in [0, 0.1) is 6.92 Å². The molecular weight excluding hydrogens is 258 g/mol. The third kappa shape index (κ3) is 45.3. The second kappa shape index (κ2) is 15.0. The van der Waals surface area contributed by atoms with Crippen LogP contribution in [0.2, 0.25) is 0 Å². The predicted molar refractivity (Wildman–Crippen MR) is 52.6 cm³/mol. The van der Waals surface area contributed by atoms with Crippen LogP contribution < -0.4 is 0 Å². The Hall–Kier alpha value is 0.556. The second-order valence-corrected chi connectivity index (χ2v) is 3.54. The minimum atomic E-state index is -0.833. The van der Waals surface area contributed by atoms with E-state index in [0.717, 1.165) is 32.6 Å². The quantitative estimate of drug-likeness (QED) is 0.485. The van der Waals surface area contributed by atoms with Crippen molar-refractivity contribution in [1.82, 2.24) is 0 Å². The fraction of sp³-hybridized carbons (Fsp3) is 0.750. The molecule has 0 unspecified atom stereocenters. The van der Waals surface area contributed by atoms with Gasteiger partial charge in [-0.25, -0.2) is 0 Å². The number of carboxylic acid groups (broad SMARTS) is 1. The van der Waals surface area contributed by atoms with Crippen LogP contribution in [-0.4, -0.2) is 15.9 Å². The molecule has 0 aliphatic heterocycles. The number of unbranched alkanes of at least 4 members (excludes halogenated alkanes) is 2. The largest absolute Gasteiger partial charge is 0.481 e. The van der Waals surface area contributed by atoms with Crippen molar-refractivity contribution in [1.29, 1.82) is 0 Å². The zero-order chi connectivity index (χ0) is 9.98. The molecule has 0 aliphatic carbocycles. The molecule has 1 radical (unpaired) electrons. The summed E-state index contributed by atoms with van der Waals surface area (Å²) in [5.74, 6) is -0.833. The molecule has 13 heavy (non-hydrogen) atoms. The number of halogens is 2. The van der Waals surface area contributed by atoms with E-state index in [-0.39, 0.29) is 21.6 Å². The van der Waals surface area contributed by atoms with Crippen LogP contribution in [0.1, 0.15) is 32.6 Å². The number of carboxylic acids is 1. The van der Waals surface area contributed by atoms with E-state index in [2.05, 4.69) is 6.92 Å². The molecule has 0 bridgehead atoms. The average molecular weight is 273 g/mol. The molecule has 0 aromatic heterocycles. The normalized spacial score (nSPS) is 8.38. The molecule has 5 heteroatoms. The van der Waals surface area contributed by atoms with Gasteiger partial charge in [-0.05, 0) is 6.42 Å². The number of hydrogen-bond acceptors (Lipinski definition) is 1. The Morgan fingerprint density at radius 1 is 1.46 bits per heavy atom. The van der Waals surface area contributed by atoms with Crippen molar-refractivity contribution >= 4 is 29.2 Å². The molecule has 0 amide bonds. The molecule has 1 N–H and O–H groups in total. The first-order chi connectivity index (χ1) is 5.50. The first-order valence-corrected chi connectivity index (χ1v) is 4.65.